The molecule has 3 rings (SSSR count). The molecule has 1 saturated heterocycles. The highest BCUT2D eigenvalue weighted by molar-refractivity contribution is 5.95. The van der Waals surface area contributed by atoms with Crippen LogP contribution in [0.2, 0.25) is 0 Å². The van der Waals surface area contributed by atoms with Crippen LogP contribution in [0.25, 0.3) is 0 Å². The normalized spacial score (nSPS) is 14.1. The lowest BCUT2D eigenvalue weighted by Crippen LogP contribution is -2.42. The van der Waals surface area contributed by atoms with Crippen molar-refractivity contribution in [3.8, 4) is 23.0 Å². The summed E-state index contributed by atoms with van der Waals surface area (Å²) in [5.74, 6) is 1.86. The average Bonchev–Trinajstić information content (AvgIpc) is 2.87. The fourth-order valence-corrected chi connectivity index (χ4v) is 3.69. The summed E-state index contributed by atoms with van der Waals surface area (Å²) in [6.45, 7) is 0.970. The molecule has 176 valence electrons. The van der Waals surface area contributed by atoms with Crippen LogP contribution in [0.4, 0.5) is 0 Å². The van der Waals surface area contributed by atoms with E-state index < -0.39 is 0 Å². The number of carbonyl (C=O) groups excluding carboxylic acids is 2. The van der Waals surface area contributed by atoms with Gasteiger partial charge in [0.15, 0.2) is 11.5 Å². The van der Waals surface area contributed by atoms with Crippen molar-refractivity contribution < 1.29 is 28.5 Å². The van der Waals surface area contributed by atoms with E-state index in [-0.39, 0.29) is 17.7 Å². The molecule has 0 atom stereocenters. The van der Waals surface area contributed by atoms with Gasteiger partial charge in [-0.05, 0) is 49.2 Å². The van der Waals surface area contributed by atoms with E-state index in [9.17, 15) is 9.59 Å². The SMILES string of the molecule is COc1ccc(OC)c(/C=N\NC(=O)C2CCN(C(=O)c3ccc(OC)c(OC)c3)CC2)c1. The van der Waals surface area contributed by atoms with Gasteiger partial charge in [0, 0.05) is 30.1 Å². The maximum absolute atomic E-state index is 12.9. The van der Waals surface area contributed by atoms with Gasteiger partial charge < -0.3 is 23.8 Å². The minimum Gasteiger partial charge on any atom is -0.497 e. The first-order valence-corrected chi connectivity index (χ1v) is 10.6. The van der Waals surface area contributed by atoms with Crippen LogP contribution in [0.1, 0.15) is 28.8 Å². The van der Waals surface area contributed by atoms with Crippen LogP contribution in [0.5, 0.6) is 23.0 Å². The molecule has 0 unspecified atom stereocenters. The fraction of sp³-hybridized carbons (Fsp3) is 0.375. The Hall–Kier alpha value is -3.75. The second-order valence-electron chi connectivity index (χ2n) is 7.48. The summed E-state index contributed by atoms with van der Waals surface area (Å²) in [6.07, 6.45) is 2.64. The molecule has 1 aliphatic rings. The monoisotopic (exact) mass is 455 g/mol. The van der Waals surface area contributed by atoms with Gasteiger partial charge in [-0.25, -0.2) is 5.43 Å². The van der Waals surface area contributed by atoms with Gasteiger partial charge in [-0.15, -0.1) is 0 Å². The molecule has 0 saturated carbocycles. The first kappa shape index (κ1) is 23.9. The van der Waals surface area contributed by atoms with Gasteiger partial charge in [-0.1, -0.05) is 0 Å². The highest BCUT2D eigenvalue weighted by atomic mass is 16.5. The largest absolute Gasteiger partial charge is 0.497 e. The Morgan fingerprint density at radius 2 is 1.58 bits per heavy atom. The topological polar surface area (TPSA) is 98.7 Å². The predicted octanol–water partition coefficient (Wildman–Crippen LogP) is 2.72. The van der Waals surface area contributed by atoms with Crippen molar-refractivity contribution in [1.82, 2.24) is 10.3 Å². The molecule has 1 heterocycles. The molecule has 0 aromatic heterocycles. The summed E-state index contributed by atoms with van der Waals surface area (Å²) >= 11 is 0. The Morgan fingerprint density at radius 3 is 2.21 bits per heavy atom. The van der Waals surface area contributed by atoms with E-state index in [4.69, 9.17) is 18.9 Å². The number of nitrogens with one attached hydrogen (secondary N) is 1. The number of benzene rings is 2. The van der Waals surface area contributed by atoms with Crippen molar-refractivity contribution >= 4 is 18.0 Å². The van der Waals surface area contributed by atoms with Crippen LogP contribution in [-0.4, -0.2) is 64.5 Å². The van der Waals surface area contributed by atoms with E-state index in [1.807, 2.05) is 0 Å². The number of hydrogen-bond donors (Lipinski definition) is 1. The third-order valence-electron chi connectivity index (χ3n) is 5.60. The smallest absolute Gasteiger partial charge is 0.253 e. The molecule has 2 aromatic carbocycles. The van der Waals surface area contributed by atoms with Gasteiger partial charge in [0.25, 0.3) is 5.91 Å². The number of hydrazone groups is 1. The van der Waals surface area contributed by atoms with Crippen molar-refractivity contribution in [3.63, 3.8) is 0 Å². The Balaban J connectivity index is 1.55. The molecule has 0 spiro atoms. The van der Waals surface area contributed by atoms with Gasteiger partial charge in [-0.2, -0.15) is 5.10 Å². The standard InChI is InChI=1S/C24H29N3O6/c1-30-19-6-8-20(31-2)18(13-19)15-25-26-23(28)16-9-11-27(12-10-16)24(29)17-5-7-21(32-3)22(14-17)33-4/h5-8,13-16H,9-12H2,1-4H3,(H,26,28)/b25-15-. The number of methoxy groups -OCH3 is 4. The zero-order chi connectivity index (χ0) is 23.8. The highest BCUT2D eigenvalue weighted by Gasteiger charge is 2.28. The number of rotatable bonds is 8. The third kappa shape index (κ3) is 5.74. The molecule has 1 N–H and O–H groups in total. The van der Waals surface area contributed by atoms with Crippen LogP contribution in [0.15, 0.2) is 41.5 Å². The van der Waals surface area contributed by atoms with Crippen LogP contribution < -0.4 is 24.4 Å². The molecule has 2 aromatic rings. The van der Waals surface area contributed by atoms with E-state index in [1.54, 1.807) is 62.6 Å². The van der Waals surface area contributed by atoms with E-state index in [2.05, 4.69) is 10.5 Å². The van der Waals surface area contributed by atoms with Crippen molar-refractivity contribution in [1.29, 1.82) is 0 Å². The molecule has 9 heteroatoms. The van der Waals surface area contributed by atoms with Crippen molar-refractivity contribution in [2.75, 3.05) is 41.5 Å². The van der Waals surface area contributed by atoms with Crippen LogP contribution in [-0.2, 0) is 4.79 Å². The summed E-state index contributed by atoms with van der Waals surface area (Å²) in [4.78, 5) is 27.2. The lowest BCUT2D eigenvalue weighted by Gasteiger charge is -2.31. The Labute approximate surface area is 193 Å². The second-order valence-corrected chi connectivity index (χ2v) is 7.48. The second kappa shape index (κ2) is 11.2. The van der Waals surface area contributed by atoms with Crippen LogP contribution in [0, 0.1) is 5.92 Å². The molecular weight excluding hydrogens is 426 g/mol. The van der Waals surface area contributed by atoms with Crippen molar-refractivity contribution in [2.45, 2.75) is 12.8 Å². The molecule has 1 aliphatic heterocycles. The molecule has 0 radical (unpaired) electrons. The number of hydrogen-bond acceptors (Lipinski definition) is 7. The van der Waals surface area contributed by atoms with Crippen molar-refractivity contribution in [3.05, 3.63) is 47.5 Å². The summed E-state index contributed by atoms with van der Waals surface area (Å²) in [6, 6.07) is 10.4. The molecule has 0 aliphatic carbocycles. The zero-order valence-corrected chi connectivity index (χ0v) is 19.3. The Kier molecular flexibility index (Phi) is 8.12. The van der Waals surface area contributed by atoms with Gasteiger partial charge in [0.1, 0.15) is 11.5 Å². The quantitative estimate of drug-likeness (QED) is 0.486. The predicted molar refractivity (Wildman–Crippen MR) is 123 cm³/mol. The zero-order valence-electron chi connectivity index (χ0n) is 19.3. The Morgan fingerprint density at radius 1 is 0.909 bits per heavy atom. The number of piperidine rings is 1. The third-order valence-corrected chi connectivity index (χ3v) is 5.60. The van der Waals surface area contributed by atoms with Gasteiger partial charge in [0.2, 0.25) is 5.91 Å². The summed E-state index contributed by atoms with van der Waals surface area (Å²) in [5, 5.41) is 4.07. The van der Waals surface area contributed by atoms with E-state index in [0.29, 0.717) is 60.1 Å². The maximum atomic E-state index is 12.9. The number of likely N-dealkylation sites (tertiary alicyclic amines) is 1. The molecule has 9 nitrogen and oxygen atoms in total. The number of ether oxygens (including phenoxy) is 4. The van der Waals surface area contributed by atoms with Gasteiger partial charge >= 0.3 is 0 Å². The highest BCUT2D eigenvalue weighted by Crippen LogP contribution is 2.29. The average molecular weight is 456 g/mol. The first-order chi connectivity index (χ1) is 16.0. The lowest BCUT2D eigenvalue weighted by atomic mass is 9.95. The van der Waals surface area contributed by atoms with Crippen LogP contribution in [0.3, 0.4) is 0 Å². The van der Waals surface area contributed by atoms with E-state index >= 15 is 0 Å². The number of amides is 2. The van der Waals surface area contributed by atoms with E-state index in [1.165, 1.54) is 13.3 Å². The van der Waals surface area contributed by atoms with Crippen LogP contribution >= 0.6 is 0 Å². The van der Waals surface area contributed by atoms with Gasteiger partial charge in [0.05, 0.1) is 34.7 Å². The minimum atomic E-state index is -0.219. The summed E-state index contributed by atoms with van der Waals surface area (Å²) in [5.41, 5.74) is 3.80. The molecule has 33 heavy (non-hydrogen) atoms. The first-order valence-electron chi connectivity index (χ1n) is 10.6. The fourth-order valence-electron chi connectivity index (χ4n) is 3.69. The van der Waals surface area contributed by atoms with E-state index in [0.717, 1.165) is 0 Å². The Bertz CT molecular complexity index is 1020. The maximum Gasteiger partial charge on any atom is 0.253 e. The number of carbonyl (C=O) groups is 2. The lowest BCUT2D eigenvalue weighted by molar-refractivity contribution is -0.126. The van der Waals surface area contributed by atoms with Gasteiger partial charge in [-0.3, -0.25) is 9.59 Å². The summed E-state index contributed by atoms with van der Waals surface area (Å²) < 4.78 is 21.0. The molecule has 2 amide bonds. The molecular formula is C24H29N3O6. The molecule has 1 fully saturated rings. The minimum absolute atomic E-state index is 0.0991. The number of nitrogens with zero attached hydrogens (tertiary/aromatic N) is 2. The molecule has 0 bridgehead atoms. The van der Waals surface area contributed by atoms with Crippen molar-refractivity contribution in [2.24, 2.45) is 11.0 Å². The summed E-state index contributed by atoms with van der Waals surface area (Å²) in [7, 11) is 6.22.